The molecule has 28 heavy (non-hydrogen) atoms. The fraction of sp³-hybridized carbons (Fsp3) is 0.364. The summed E-state index contributed by atoms with van der Waals surface area (Å²) in [5.41, 5.74) is 3.18. The van der Waals surface area contributed by atoms with Crippen LogP contribution in [0.1, 0.15) is 34.3 Å². The molecule has 2 aromatic rings. The molecule has 5 nitrogen and oxygen atoms in total. The summed E-state index contributed by atoms with van der Waals surface area (Å²) in [7, 11) is 1.34. The molecule has 0 aromatic heterocycles. The molecule has 1 N–H and O–H groups in total. The van der Waals surface area contributed by atoms with Gasteiger partial charge in [0.25, 0.3) is 0 Å². The number of esters is 1. The van der Waals surface area contributed by atoms with Gasteiger partial charge in [-0.05, 0) is 61.7 Å². The molecule has 1 saturated heterocycles. The third-order valence-corrected chi connectivity index (χ3v) is 5.36. The maximum absolute atomic E-state index is 12.8. The van der Waals surface area contributed by atoms with E-state index in [1.54, 1.807) is 12.1 Å². The summed E-state index contributed by atoms with van der Waals surface area (Å²) in [6.45, 7) is 4.40. The zero-order chi connectivity index (χ0) is 20.1. The number of rotatable bonds is 5. The summed E-state index contributed by atoms with van der Waals surface area (Å²) in [5, 5.41) is 3.73. The molecule has 6 heteroatoms. The van der Waals surface area contributed by atoms with Crippen LogP contribution in [0.15, 0.2) is 42.5 Å². The van der Waals surface area contributed by atoms with Crippen LogP contribution in [0.4, 0.5) is 5.69 Å². The van der Waals surface area contributed by atoms with Crippen molar-refractivity contribution in [3.8, 4) is 0 Å². The smallest absolute Gasteiger partial charge is 0.337 e. The van der Waals surface area contributed by atoms with Gasteiger partial charge in [0.05, 0.1) is 18.6 Å². The lowest BCUT2D eigenvalue weighted by atomic mass is 9.96. The van der Waals surface area contributed by atoms with Crippen molar-refractivity contribution < 1.29 is 14.3 Å². The number of methoxy groups -OCH3 is 1. The number of nitrogens with zero attached hydrogens (tertiary/aromatic N) is 1. The molecule has 1 heterocycles. The van der Waals surface area contributed by atoms with Gasteiger partial charge in [-0.25, -0.2) is 4.79 Å². The Kier molecular flexibility index (Phi) is 6.70. The summed E-state index contributed by atoms with van der Waals surface area (Å²) < 4.78 is 4.76. The fourth-order valence-corrected chi connectivity index (χ4v) is 3.62. The Balaban J connectivity index is 1.64. The summed E-state index contributed by atoms with van der Waals surface area (Å²) in [4.78, 5) is 26.9. The Morgan fingerprint density at radius 1 is 1.21 bits per heavy atom. The van der Waals surface area contributed by atoms with E-state index in [4.69, 9.17) is 16.3 Å². The number of likely N-dealkylation sites (tertiary alicyclic amines) is 1. The molecule has 0 bridgehead atoms. The standard InChI is InChI=1S/C22H25ClN2O3/c1-15-5-8-17(22(27)28-2)12-20(15)24-21(26)18-4-3-11-25(14-18)13-16-6-9-19(23)10-7-16/h5-10,12,18H,3-4,11,13-14H2,1-2H3,(H,24,26). The van der Waals surface area contributed by atoms with Crippen LogP contribution in [0, 0.1) is 12.8 Å². The van der Waals surface area contributed by atoms with Crippen molar-refractivity contribution >= 4 is 29.2 Å². The first-order valence-corrected chi connectivity index (χ1v) is 9.80. The molecule has 1 unspecified atom stereocenters. The lowest BCUT2D eigenvalue weighted by Crippen LogP contribution is -2.40. The second-order valence-electron chi connectivity index (χ2n) is 7.21. The highest BCUT2D eigenvalue weighted by molar-refractivity contribution is 6.30. The van der Waals surface area contributed by atoms with Gasteiger partial charge in [-0.3, -0.25) is 9.69 Å². The predicted octanol–water partition coefficient (Wildman–Crippen LogP) is 4.29. The number of carbonyl (C=O) groups excluding carboxylic acids is 2. The monoisotopic (exact) mass is 400 g/mol. The van der Waals surface area contributed by atoms with Crippen molar-refractivity contribution in [2.45, 2.75) is 26.3 Å². The van der Waals surface area contributed by atoms with Gasteiger partial charge in [0.15, 0.2) is 0 Å². The van der Waals surface area contributed by atoms with Crippen LogP contribution in [0.25, 0.3) is 0 Å². The minimum Gasteiger partial charge on any atom is -0.465 e. The second kappa shape index (κ2) is 9.22. The van der Waals surface area contributed by atoms with Crippen LogP contribution in [0.3, 0.4) is 0 Å². The van der Waals surface area contributed by atoms with E-state index >= 15 is 0 Å². The topological polar surface area (TPSA) is 58.6 Å². The Labute approximate surface area is 170 Å². The molecule has 0 spiro atoms. The fourth-order valence-electron chi connectivity index (χ4n) is 3.50. The van der Waals surface area contributed by atoms with E-state index in [1.165, 1.54) is 12.7 Å². The van der Waals surface area contributed by atoms with E-state index in [9.17, 15) is 9.59 Å². The molecule has 1 fully saturated rings. The second-order valence-corrected chi connectivity index (χ2v) is 7.65. The predicted molar refractivity (Wildman–Crippen MR) is 111 cm³/mol. The van der Waals surface area contributed by atoms with Gasteiger partial charge in [0.1, 0.15) is 0 Å². The van der Waals surface area contributed by atoms with E-state index in [-0.39, 0.29) is 11.8 Å². The number of ether oxygens (including phenoxy) is 1. The first kappa shape index (κ1) is 20.4. The molecule has 0 saturated carbocycles. The van der Waals surface area contributed by atoms with Crippen LogP contribution >= 0.6 is 11.6 Å². The number of halogens is 1. The minimum absolute atomic E-state index is 0.00841. The molecular formula is C22H25ClN2O3. The minimum atomic E-state index is -0.415. The average Bonchev–Trinajstić information content (AvgIpc) is 2.71. The molecular weight excluding hydrogens is 376 g/mol. The summed E-state index contributed by atoms with van der Waals surface area (Å²) >= 11 is 5.95. The number of hydrogen-bond donors (Lipinski definition) is 1. The zero-order valence-electron chi connectivity index (χ0n) is 16.2. The van der Waals surface area contributed by atoms with Crippen LogP contribution < -0.4 is 5.32 Å². The largest absolute Gasteiger partial charge is 0.465 e. The highest BCUT2D eigenvalue weighted by Gasteiger charge is 2.26. The Morgan fingerprint density at radius 3 is 2.68 bits per heavy atom. The van der Waals surface area contributed by atoms with E-state index in [0.29, 0.717) is 17.8 Å². The molecule has 0 radical (unpaired) electrons. The van der Waals surface area contributed by atoms with E-state index in [2.05, 4.69) is 10.2 Å². The van der Waals surface area contributed by atoms with Gasteiger partial charge in [0, 0.05) is 23.8 Å². The molecule has 1 amide bonds. The van der Waals surface area contributed by atoms with E-state index in [0.717, 1.165) is 36.5 Å². The van der Waals surface area contributed by atoms with Gasteiger partial charge in [0.2, 0.25) is 5.91 Å². The lowest BCUT2D eigenvalue weighted by molar-refractivity contribution is -0.121. The third-order valence-electron chi connectivity index (χ3n) is 5.11. The Morgan fingerprint density at radius 2 is 1.96 bits per heavy atom. The molecule has 148 valence electrons. The van der Waals surface area contributed by atoms with Gasteiger partial charge >= 0.3 is 5.97 Å². The summed E-state index contributed by atoms with van der Waals surface area (Å²) in [6.07, 6.45) is 1.84. The van der Waals surface area contributed by atoms with Crippen molar-refractivity contribution in [3.63, 3.8) is 0 Å². The number of carbonyl (C=O) groups is 2. The summed E-state index contributed by atoms with van der Waals surface area (Å²) in [5.74, 6) is -0.504. The average molecular weight is 401 g/mol. The van der Waals surface area contributed by atoms with Gasteiger partial charge < -0.3 is 10.1 Å². The Bertz CT molecular complexity index is 851. The normalized spacial score (nSPS) is 17.2. The maximum atomic E-state index is 12.8. The molecule has 0 aliphatic carbocycles. The first-order chi connectivity index (χ1) is 13.5. The van der Waals surface area contributed by atoms with Crippen molar-refractivity contribution in [1.82, 2.24) is 4.90 Å². The number of piperidine rings is 1. The summed E-state index contributed by atoms with van der Waals surface area (Å²) in [6, 6.07) is 13.0. The first-order valence-electron chi connectivity index (χ1n) is 9.43. The number of anilines is 1. The van der Waals surface area contributed by atoms with Gasteiger partial charge in [-0.15, -0.1) is 0 Å². The molecule has 1 aliphatic rings. The maximum Gasteiger partial charge on any atom is 0.337 e. The van der Waals surface area contributed by atoms with Crippen molar-refractivity contribution in [1.29, 1.82) is 0 Å². The third kappa shape index (κ3) is 5.12. The Hall–Kier alpha value is -2.37. The SMILES string of the molecule is COC(=O)c1ccc(C)c(NC(=O)C2CCCN(Cc3ccc(Cl)cc3)C2)c1. The van der Waals surface area contributed by atoms with Crippen molar-refractivity contribution in [3.05, 3.63) is 64.2 Å². The molecule has 2 aromatic carbocycles. The molecule has 1 atom stereocenters. The van der Waals surface area contributed by atoms with Crippen LogP contribution in [-0.2, 0) is 16.1 Å². The number of benzene rings is 2. The van der Waals surface area contributed by atoms with E-state index < -0.39 is 5.97 Å². The van der Waals surface area contributed by atoms with Gasteiger partial charge in [-0.2, -0.15) is 0 Å². The van der Waals surface area contributed by atoms with Crippen molar-refractivity contribution in [2.24, 2.45) is 5.92 Å². The van der Waals surface area contributed by atoms with Crippen LogP contribution in [-0.4, -0.2) is 37.0 Å². The number of amides is 1. The van der Waals surface area contributed by atoms with Crippen LogP contribution in [0.2, 0.25) is 5.02 Å². The number of nitrogens with one attached hydrogen (secondary N) is 1. The highest BCUT2D eigenvalue weighted by Crippen LogP contribution is 2.23. The van der Waals surface area contributed by atoms with Crippen LogP contribution in [0.5, 0.6) is 0 Å². The number of hydrogen-bond acceptors (Lipinski definition) is 4. The number of aryl methyl sites for hydroxylation is 1. The van der Waals surface area contributed by atoms with E-state index in [1.807, 2.05) is 37.3 Å². The molecule has 1 aliphatic heterocycles. The lowest BCUT2D eigenvalue weighted by Gasteiger charge is -2.32. The van der Waals surface area contributed by atoms with Gasteiger partial charge in [-0.1, -0.05) is 29.8 Å². The molecule has 3 rings (SSSR count). The quantitative estimate of drug-likeness (QED) is 0.761. The zero-order valence-corrected chi connectivity index (χ0v) is 17.0. The van der Waals surface area contributed by atoms with Crippen molar-refractivity contribution in [2.75, 3.05) is 25.5 Å². The highest BCUT2D eigenvalue weighted by atomic mass is 35.5.